The summed E-state index contributed by atoms with van der Waals surface area (Å²) in [5, 5.41) is 3.82. The van der Waals surface area contributed by atoms with E-state index in [2.05, 4.69) is 49.9 Å². The predicted molar refractivity (Wildman–Crippen MR) is 70.7 cm³/mol. The SMILES string of the molecule is CC(C)CC(CN(C)C)NC1CCSC1. The summed E-state index contributed by atoms with van der Waals surface area (Å²) in [6, 6.07) is 1.43. The summed E-state index contributed by atoms with van der Waals surface area (Å²) in [6.45, 7) is 5.79. The van der Waals surface area contributed by atoms with Gasteiger partial charge in [0.25, 0.3) is 0 Å². The lowest BCUT2D eigenvalue weighted by Crippen LogP contribution is -2.44. The van der Waals surface area contributed by atoms with E-state index in [1.54, 1.807) is 0 Å². The van der Waals surface area contributed by atoms with Crippen molar-refractivity contribution in [3.8, 4) is 0 Å². The molecule has 0 aromatic heterocycles. The Bertz CT molecular complexity index is 155. The zero-order valence-electron chi connectivity index (χ0n) is 10.6. The molecular formula is C12H26N2S. The summed E-state index contributed by atoms with van der Waals surface area (Å²) >= 11 is 2.09. The molecule has 90 valence electrons. The second-order valence-corrected chi connectivity index (χ2v) is 6.47. The van der Waals surface area contributed by atoms with Crippen molar-refractivity contribution in [2.45, 2.75) is 38.8 Å². The number of likely N-dealkylation sites (N-methyl/N-ethyl adjacent to an activating group) is 1. The minimum Gasteiger partial charge on any atom is -0.309 e. The molecule has 1 N–H and O–H groups in total. The Morgan fingerprint density at radius 3 is 2.60 bits per heavy atom. The molecule has 0 saturated carbocycles. The molecule has 1 rings (SSSR count). The van der Waals surface area contributed by atoms with Gasteiger partial charge in [0.05, 0.1) is 0 Å². The number of hydrogen-bond acceptors (Lipinski definition) is 3. The Morgan fingerprint density at radius 1 is 1.40 bits per heavy atom. The molecule has 2 unspecified atom stereocenters. The second-order valence-electron chi connectivity index (χ2n) is 5.32. The van der Waals surface area contributed by atoms with E-state index in [-0.39, 0.29) is 0 Å². The number of rotatable bonds is 6. The molecule has 1 heterocycles. The van der Waals surface area contributed by atoms with Gasteiger partial charge in [0.2, 0.25) is 0 Å². The van der Waals surface area contributed by atoms with Crippen molar-refractivity contribution in [3.05, 3.63) is 0 Å². The summed E-state index contributed by atoms with van der Waals surface area (Å²) < 4.78 is 0. The molecule has 0 aromatic carbocycles. The lowest BCUT2D eigenvalue weighted by atomic mass is 10.0. The molecule has 0 radical (unpaired) electrons. The number of hydrogen-bond donors (Lipinski definition) is 1. The van der Waals surface area contributed by atoms with Crippen LogP contribution in [0.15, 0.2) is 0 Å². The second kappa shape index (κ2) is 6.77. The van der Waals surface area contributed by atoms with Crippen molar-refractivity contribution in [3.63, 3.8) is 0 Å². The highest BCUT2D eigenvalue weighted by molar-refractivity contribution is 7.99. The van der Waals surface area contributed by atoms with Crippen LogP contribution in [-0.4, -0.2) is 49.1 Å². The molecule has 1 aliphatic rings. The van der Waals surface area contributed by atoms with Crippen LogP contribution in [0.2, 0.25) is 0 Å². The molecule has 0 aromatic rings. The maximum absolute atomic E-state index is 3.82. The van der Waals surface area contributed by atoms with Gasteiger partial charge in [-0.05, 0) is 38.6 Å². The van der Waals surface area contributed by atoms with E-state index in [9.17, 15) is 0 Å². The van der Waals surface area contributed by atoms with E-state index in [0.29, 0.717) is 6.04 Å². The Kier molecular flexibility index (Phi) is 6.02. The minimum absolute atomic E-state index is 0.670. The fraction of sp³-hybridized carbons (Fsp3) is 1.00. The zero-order chi connectivity index (χ0) is 11.3. The predicted octanol–water partition coefficient (Wildman–Crippen LogP) is 2.06. The molecule has 1 fully saturated rings. The fourth-order valence-corrected chi connectivity index (χ4v) is 3.37. The van der Waals surface area contributed by atoms with Crippen LogP contribution in [0, 0.1) is 5.92 Å². The van der Waals surface area contributed by atoms with Crippen LogP contribution in [0.25, 0.3) is 0 Å². The molecule has 15 heavy (non-hydrogen) atoms. The van der Waals surface area contributed by atoms with Gasteiger partial charge >= 0.3 is 0 Å². The number of thioether (sulfide) groups is 1. The third-order valence-corrected chi connectivity index (χ3v) is 3.90. The van der Waals surface area contributed by atoms with Crippen LogP contribution in [0.5, 0.6) is 0 Å². The third kappa shape index (κ3) is 5.79. The highest BCUT2D eigenvalue weighted by Gasteiger charge is 2.20. The monoisotopic (exact) mass is 230 g/mol. The molecule has 2 nitrogen and oxygen atoms in total. The third-order valence-electron chi connectivity index (χ3n) is 2.74. The molecule has 0 spiro atoms. The first-order valence-corrected chi connectivity index (χ1v) is 7.22. The standard InChI is InChI=1S/C12H26N2S/c1-10(2)7-12(8-14(3)4)13-11-5-6-15-9-11/h10-13H,5-9H2,1-4H3. The molecule has 1 saturated heterocycles. The Morgan fingerprint density at radius 2 is 2.13 bits per heavy atom. The first-order chi connectivity index (χ1) is 7.08. The quantitative estimate of drug-likeness (QED) is 0.752. The van der Waals surface area contributed by atoms with Crippen LogP contribution in [0.1, 0.15) is 26.7 Å². The molecule has 3 heteroatoms. The van der Waals surface area contributed by atoms with Crippen molar-refractivity contribution < 1.29 is 0 Å². The lowest BCUT2D eigenvalue weighted by molar-refractivity contribution is 0.291. The van der Waals surface area contributed by atoms with Gasteiger partial charge in [-0.1, -0.05) is 13.8 Å². The van der Waals surface area contributed by atoms with Crippen LogP contribution in [0.4, 0.5) is 0 Å². The topological polar surface area (TPSA) is 15.3 Å². The smallest absolute Gasteiger partial charge is 0.0200 e. The highest BCUT2D eigenvalue weighted by atomic mass is 32.2. The average Bonchev–Trinajstić information content (AvgIpc) is 2.53. The normalized spacial score (nSPS) is 24.0. The van der Waals surface area contributed by atoms with Gasteiger partial charge in [-0.3, -0.25) is 0 Å². The van der Waals surface area contributed by atoms with Crippen LogP contribution in [-0.2, 0) is 0 Å². The van der Waals surface area contributed by atoms with E-state index in [4.69, 9.17) is 0 Å². The van der Waals surface area contributed by atoms with E-state index < -0.39 is 0 Å². The van der Waals surface area contributed by atoms with E-state index in [1.807, 2.05) is 0 Å². The van der Waals surface area contributed by atoms with Crippen molar-refractivity contribution in [1.82, 2.24) is 10.2 Å². The minimum atomic E-state index is 0.670. The van der Waals surface area contributed by atoms with Crippen LogP contribution < -0.4 is 5.32 Å². The van der Waals surface area contributed by atoms with E-state index in [1.165, 1.54) is 30.9 Å². The Labute approximate surface area is 99.2 Å². The largest absolute Gasteiger partial charge is 0.309 e. The summed E-state index contributed by atoms with van der Waals surface area (Å²) in [7, 11) is 4.33. The van der Waals surface area contributed by atoms with Crippen molar-refractivity contribution >= 4 is 11.8 Å². The maximum Gasteiger partial charge on any atom is 0.0200 e. The average molecular weight is 230 g/mol. The van der Waals surface area contributed by atoms with Gasteiger partial charge in [-0.2, -0.15) is 11.8 Å². The Balaban J connectivity index is 2.32. The summed E-state index contributed by atoms with van der Waals surface area (Å²) in [5.74, 6) is 3.44. The van der Waals surface area contributed by atoms with Gasteiger partial charge < -0.3 is 10.2 Å². The highest BCUT2D eigenvalue weighted by Crippen LogP contribution is 2.18. The van der Waals surface area contributed by atoms with Crippen molar-refractivity contribution in [2.24, 2.45) is 5.92 Å². The van der Waals surface area contributed by atoms with Crippen LogP contribution in [0.3, 0.4) is 0 Å². The molecular weight excluding hydrogens is 204 g/mol. The van der Waals surface area contributed by atoms with Crippen molar-refractivity contribution in [1.29, 1.82) is 0 Å². The first-order valence-electron chi connectivity index (χ1n) is 6.06. The number of nitrogens with one attached hydrogen (secondary N) is 1. The van der Waals surface area contributed by atoms with Gasteiger partial charge in [0.1, 0.15) is 0 Å². The summed E-state index contributed by atoms with van der Waals surface area (Å²) in [5.41, 5.74) is 0. The van der Waals surface area contributed by atoms with E-state index >= 15 is 0 Å². The summed E-state index contributed by atoms with van der Waals surface area (Å²) in [6.07, 6.45) is 2.64. The Hall–Kier alpha value is 0.270. The van der Waals surface area contributed by atoms with Gasteiger partial charge in [0.15, 0.2) is 0 Å². The molecule has 0 aliphatic carbocycles. The molecule has 1 aliphatic heterocycles. The maximum atomic E-state index is 3.82. The van der Waals surface area contributed by atoms with Gasteiger partial charge in [-0.25, -0.2) is 0 Å². The fourth-order valence-electron chi connectivity index (χ4n) is 2.20. The zero-order valence-corrected chi connectivity index (χ0v) is 11.4. The summed E-state index contributed by atoms with van der Waals surface area (Å²) in [4.78, 5) is 2.29. The first kappa shape index (κ1) is 13.3. The van der Waals surface area contributed by atoms with Crippen LogP contribution >= 0.6 is 11.8 Å². The van der Waals surface area contributed by atoms with E-state index in [0.717, 1.165) is 12.0 Å². The van der Waals surface area contributed by atoms with Gasteiger partial charge in [-0.15, -0.1) is 0 Å². The van der Waals surface area contributed by atoms with Gasteiger partial charge in [0, 0.05) is 24.4 Å². The molecule has 0 amide bonds. The molecule has 2 atom stereocenters. The van der Waals surface area contributed by atoms with Crippen molar-refractivity contribution in [2.75, 3.05) is 32.1 Å². The molecule has 0 bridgehead atoms. The lowest BCUT2D eigenvalue weighted by Gasteiger charge is -2.26. The number of nitrogens with zero attached hydrogens (tertiary/aromatic N) is 1.